The second-order valence-electron chi connectivity index (χ2n) is 3.81. The lowest BCUT2D eigenvalue weighted by atomic mass is 10.1. The maximum Gasteiger partial charge on any atom is 0.418 e. The van der Waals surface area contributed by atoms with Gasteiger partial charge in [-0.15, -0.1) is 11.3 Å². The fourth-order valence-corrected chi connectivity index (χ4v) is 4.95. The summed E-state index contributed by atoms with van der Waals surface area (Å²) in [5.74, 6) is 0. The minimum atomic E-state index is -4.28. The van der Waals surface area contributed by atoms with Crippen LogP contribution in [0.5, 0.6) is 0 Å². The Hall–Kier alpha value is 0.450. The molecule has 0 nitrogen and oxygen atoms in total. The van der Waals surface area contributed by atoms with Crippen molar-refractivity contribution in [2.24, 2.45) is 0 Å². The Morgan fingerprint density at radius 2 is 1.71 bits per heavy atom. The molecule has 17 heavy (non-hydrogen) atoms. The van der Waals surface area contributed by atoms with Crippen LogP contribution in [0.1, 0.15) is 43.7 Å². The first-order chi connectivity index (χ1) is 7.88. The Kier molecular flexibility index (Phi) is 5.99. The smallest absolute Gasteiger partial charge is 0.166 e. The molecule has 1 heterocycles. The van der Waals surface area contributed by atoms with E-state index in [1.807, 2.05) is 0 Å². The summed E-state index contributed by atoms with van der Waals surface area (Å²) >= 11 is 7.31. The van der Waals surface area contributed by atoms with E-state index in [1.165, 1.54) is 0 Å². The molecule has 1 aromatic heterocycles. The quantitative estimate of drug-likeness (QED) is 0.506. The topological polar surface area (TPSA) is 0 Å². The summed E-state index contributed by atoms with van der Waals surface area (Å²) in [6.45, 7) is 2.08. The number of hydrogen-bond acceptors (Lipinski definition) is 1. The molecule has 0 saturated heterocycles. The Morgan fingerprint density at radius 3 is 2.24 bits per heavy atom. The average molecular weight is 394 g/mol. The van der Waals surface area contributed by atoms with Crippen LogP contribution in [0.2, 0.25) is 0 Å². The van der Waals surface area contributed by atoms with Crippen LogP contribution < -0.4 is 0 Å². The van der Waals surface area contributed by atoms with Crippen LogP contribution in [0.3, 0.4) is 0 Å². The zero-order valence-electron chi connectivity index (χ0n) is 9.33. The van der Waals surface area contributed by atoms with Gasteiger partial charge >= 0.3 is 6.18 Å². The third-order valence-corrected chi connectivity index (χ3v) is 5.13. The summed E-state index contributed by atoms with van der Waals surface area (Å²) in [5.41, 5.74) is -0.114. The first-order valence-electron chi connectivity index (χ1n) is 5.41. The van der Waals surface area contributed by atoms with E-state index in [4.69, 9.17) is 0 Å². The van der Waals surface area contributed by atoms with Crippen LogP contribution in [0.25, 0.3) is 0 Å². The van der Waals surface area contributed by atoms with Crippen LogP contribution in [0.15, 0.2) is 7.57 Å². The Labute approximate surface area is 120 Å². The molecule has 0 amide bonds. The molecule has 6 heteroatoms. The highest BCUT2D eigenvalue weighted by atomic mass is 79.9. The monoisotopic (exact) mass is 392 g/mol. The van der Waals surface area contributed by atoms with Gasteiger partial charge in [0, 0.05) is 0 Å². The number of thiophene rings is 1. The molecule has 0 fully saturated rings. The molecule has 0 aliphatic heterocycles. The lowest BCUT2D eigenvalue weighted by Gasteiger charge is -2.09. The molecular formula is C11H13Br2F3S. The predicted molar refractivity (Wildman–Crippen MR) is 72.6 cm³/mol. The van der Waals surface area contributed by atoms with Crippen LogP contribution in [-0.2, 0) is 12.6 Å². The van der Waals surface area contributed by atoms with E-state index in [1.54, 1.807) is 0 Å². The summed E-state index contributed by atoms with van der Waals surface area (Å²) in [5, 5.41) is 0. The van der Waals surface area contributed by atoms with E-state index in [0.29, 0.717) is 15.8 Å². The highest BCUT2D eigenvalue weighted by Crippen LogP contribution is 2.46. The number of hydrogen-bond donors (Lipinski definition) is 0. The zero-order chi connectivity index (χ0) is 13.1. The van der Waals surface area contributed by atoms with Crippen LogP contribution in [0.4, 0.5) is 13.2 Å². The molecule has 0 aliphatic rings. The normalized spacial score (nSPS) is 12.1. The van der Waals surface area contributed by atoms with Crippen LogP contribution in [0, 0.1) is 0 Å². The van der Waals surface area contributed by atoms with Gasteiger partial charge in [-0.2, -0.15) is 13.2 Å². The SMILES string of the molecule is CCCCCCc1c(Br)sc(Br)c1C(F)(F)F. The molecule has 0 radical (unpaired) electrons. The van der Waals surface area contributed by atoms with E-state index in [-0.39, 0.29) is 3.79 Å². The fraction of sp³-hybridized carbons (Fsp3) is 0.636. The summed E-state index contributed by atoms with van der Waals surface area (Å²) in [4.78, 5) is 0. The molecule has 0 unspecified atom stereocenters. The summed E-state index contributed by atoms with van der Waals surface area (Å²) in [6.07, 6.45) is 0.149. The molecule has 1 aromatic rings. The van der Waals surface area contributed by atoms with Crippen molar-refractivity contribution in [1.29, 1.82) is 0 Å². The number of halogens is 5. The number of rotatable bonds is 5. The number of alkyl halides is 3. The molecule has 0 saturated carbocycles. The third-order valence-electron chi connectivity index (χ3n) is 2.48. The van der Waals surface area contributed by atoms with Gasteiger partial charge in [-0.25, -0.2) is 0 Å². The van der Waals surface area contributed by atoms with Gasteiger partial charge in [0.15, 0.2) is 0 Å². The van der Waals surface area contributed by atoms with Gasteiger partial charge in [0.1, 0.15) is 0 Å². The molecule has 0 aliphatic carbocycles. The molecule has 0 spiro atoms. The summed E-state index contributed by atoms with van der Waals surface area (Å²) < 4.78 is 39.3. The van der Waals surface area contributed by atoms with Crippen LogP contribution in [-0.4, -0.2) is 0 Å². The van der Waals surface area contributed by atoms with Gasteiger partial charge in [-0.05, 0) is 50.3 Å². The van der Waals surface area contributed by atoms with Gasteiger partial charge in [0.25, 0.3) is 0 Å². The fourth-order valence-electron chi connectivity index (χ4n) is 1.64. The Morgan fingerprint density at radius 1 is 1.06 bits per heavy atom. The summed E-state index contributed by atoms with van der Waals surface area (Å²) in [6, 6.07) is 0. The van der Waals surface area contributed by atoms with Crippen molar-refractivity contribution in [2.45, 2.75) is 45.2 Å². The Balaban J connectivity index is 2.83. The zero-order valence-corrected chi connectivity index (χ0v) is 13.3. The second kappa shape index (κ2) is 6.57. The van der Waals surface area contributed by atoms with Crippen molar-refractivity contribution in [2.75, 3.05) is 0 Å². The maximum atomic E-state index is 12.9. The molecule has 0 bridgehead atoms. The minimum Gasteiger partial charge on any atom is -0.166 e. The van der Waals surface area contributed by atoms with Gasteiger partial charge in [-0.1, -0.05) is 26.2 Å². The Bertz CT molecular complexity index is 372. The largest absolute Gasteiger partial charge is 0.418 e. The highest BCUT2D eigenvalue weighted by Gasteiger charge is 2.38. The maximum absolute atomic E-state index is 12.9. The van der Waals surface area contributed by atoms with Crippen molar-refractivity contribution in [3.8, 4) is 0 Å². The second-order valence-corrected chi connectivity index (χ2v) is 7.47. The van der Waals surface area contributed by atoms with Gasteiger partial charge in [0.2, 0.25) is 0 Å². The first kappa shape index (κ1) is 15.5. The van der Waals surface area contributed by atoms with Crippen molar-refractivity contribution >= 4 is 43.2 Å². The van der Waals surface area contributed by atoms with Crippen molar-refractivity contribution in [3.05, 3.63) is 18.7 Å². The van der Waals surface area contributed by atoms with Crippen LogP contribution >= 0.6 is 43.2 Å². The van der Waals surface area contributed by atoms with E-state index < -0.39 is 11.7 Å². The van der Waals surface area contributed by atoms with Crippen molar-refractivity contribution < 1.29 is 13.2 Å². The van der Waals surface area contributed by atoms with Gasteiger partial charge in [-0.3, -0.25) is 0 Å². The third kappa shape index (κ3) is 4.24. The number of unbranched alkanes of at least 4 members (excludes halogenated alkanes) is 3. The van der Waals surface area contributed by atoms with E-state index in [0.717, 1.165) is 37.0 Å². The molecular weight excluding hydrogens is 381 g/mol. The molecule has 0 atom stereocenters. The summed E-state index contributed by atoms with van der Waals surface area (Å²) in [7, 11) is 0. The lowest BCUT2D eigenvalue weighted by Crippen LogP contribution is -2.08. The molecule has 0 aromatic carbocycles. The van der Waals surface area contributed by atoms with Crippen molar-refractivity contribution in [1.82, 2.24) is 0 Å². The minimum absolute atomic E-state index is 0.169. The van der Waals surface area contributed by atoms with Gasteiger partial charge < -0.3 is 0 Å². The van der Waals surface area contributed by atoms with E-state index >= 15 is 0 Å². The van der Waals surface area contributed by atoms with E-state index in [9.17, 15) is 13.2 Å². The molecule has 0 N–H and O–H groups in total. The standard InChI is InChI=1S/C11H13Br2F3S/c1-2-3-4-5-6-7-8(11(14,15)16)10(13)17-9(7)12/h2-6H2,1H3. The lowest BCUT2D eigenvalue weighted by molar-refractivity contribution is -0.138. The molecule has 1 rings (SSSR count). The van der Waals surface area contributed by atoms with Gasteiger partial charge in [0.05, 0.1) is 13.1 Å². The van der Waals surface area contributed by atoms with Crippen molar-refractivity contribution in [3.63, 3.8) is 0 Å². The average Bonchev–Trinajstić information content (AvgIpc) is 2.47. The predicted octanol–water partition coefficient (Wildman–Crippen LogP) is 6.41. The van der Waals surface area contributed by atoms with E-state index in [2.05, 4.69) is 38.8 Å². The highest BCUT2D eigenvalue weighted by molar-refractivity contribution is 9.12. The first-order valence-corrected chi connectivity index (χ1v) is 7.82. The molecule has 98 valence electrons.